The van der Waals surface area contributed by atoms with Gasteiger partial charge in [-0.3, -0.25) is 13.9 Å². The summed E-state index contributed by atoms with van der Waals surface area (Å²) in [6, 6.07) is 5.80. The average molecular weight is 424 g/mol. The van der Waals surface area contributed by atoms with E-state index >= 15 is 0 Å². The van der Waals surface area contributed by atoms with Crippen LogP contribution in [0.1, 0.15) is 29.7 Å². The second kappa shape index (κ2) is 7.94. The number of benzene rings is 1. The van der Waals surface area contributed by atoms with Gasteiger partial charge in [-0.05, 0) is 30.7 Å². The molecule has 0 radical (unpaired) electrons. The van der Waals surface area contributed by atoms with Gasteiger partial charge < -0.3 is 20.5 Å². The van der Waals surface area contributed by atoms with Crippen LogP contribution < -0.4 is 21.1 Å². The van der Waals surface area contributed by atoms with Crippen molar-refractivity contribution in [1.82, 2.24) is 19.1 Å². The first-order valence-electron chi connectivity index (χ1n) is 9.60. The van der Waals surface area contributed by atoms with Crippen LogP contribution >= 0.6 is 0 Å². The highest BCUT2D eigenvalue weighted by Gasteiger charge is 2.28. The third-order valence-corrected chi connectivity index (χ3v) is 5.10. The van der Waals surface area contributed by atoms with Gasteiger partial charge in [-0.15, -0.1) is 0 Å². The van der Waals surface area contributed by atoms with E-state index in [-0.39, 0.29) is 42.7 Å². The molecule has 11 nitrogen and oxygen atoms in total. The SMILES string of the molecule is CCC(C(=O)O)n1ccn(-c2ccc(N3CCOc4ncnc(N)c4C3=O)cc2)c1=O. The molecule has 0 spiro atoms. The fourth-order valence-electron chi connectivity index (χ4n) is 3.52. The molecule has 0 saturated heterocycles. The minimum Gasteiger partial charge on any atom is -0.480 e. The molecule has 0 aliphatic carbocycles. The largest absolute Gasteiger partial charge is 0.480 e. The Bertz CT molecular complexity index is 1200. The number of rotatable bonds is 5. The lowest BCUT2D eigenvalue weighted by atomic mass is 10.2. The second-order valence-corrected chi connectivity index (χ2v) is 6.88. The van der Waals surface area contributed by atoms with E-state index in [1.165, 1.54) is 32.8 Å². The van der Waals surface area contributed by atoms with Gasteiger partial charge in [0.25, 0.3) is 5.91 Å². The predicted octanol–water partition coefficient (Wildman–Crippen LogP) is 1.09. The number of amides is 1. The molecule has 1 aliphatic heterocycles. The van der Waals surface area contributed by atoms with E-state index in [1.54, 1.807) is 31.2 Å². The number of aliphatic carboxylic acids is 1. The molecule has 1 aromatic carbocycles. The molecule has 0 fully saturated rings. The molecule has 2 aromatic heterocycles. The van der Waals surface area contributed by atoms with Crippen molar-refractivity contribution < 1.29 is 19.4 Å². The van der Waals surface area contributed by atoms with Crippen molar-refractivity contribution in [1.29, 1.82) is 0 Å². The van der Waals surface area contributed by atoms with Crippen molar-refractivity contribution in [3.05, 3.63) is 59.0 Å². The number of anilines is 2. The normalized spacial score (nSPS) is 14.5. The van der Waals surface area contributed by atoms with Crippen LogP contribution in [0.5, 0.6) is 5.88 Å². The summed E-state index contributed by atoms with van der Waals surface area (Å²) in [5.74, 6) is -1.26. The number of hydrogen-bond acceptors (Lipinski definition) is 7. The van der Waals surface area contributed by atoms with E-state index in [1.807, 2.05) is 0 Å². The number of ether oxygens (including phenoxy) is 1. The van der Waals surface area contributed by atoms with Crippen molar-refractivity contribution in [2.75, 3.05) is 23.8 Å². The van der Waals surface area contributed by atoms with E-state index in [0.717, 1.165) is 0 Å². The summed E-state index contributed by atoms with van der Waals surface area (Å²) in [7, 11) is 0. The maximum absolute atomic E-state index is 13.0. The topological polar surface area (TPSA) is 146 Å². The molecule has 4 rings (SSSR count). The Labute approximate surface area is 176 Å². The third kappa shape index (κ3) is 3.50. The monoisotopic (exact) mass is 424 g/mol. The molecule has 1 atom stereocenters. The van der Waals surface area contributed by atoms with Crippen molar-refractivity contribution in [3.8, 4) is 11.6 Å². The van der Waals surface area contributed by atoms with E-state index in [0.29, 0.717) is 11.4 Å². The highest BCUT2D eigenvalue weighted by molar-refractivity contribution is 6.10. The molecule has 3 N–H and O–H groups in total. The Morgan fingerprint density at radius 1 is 1.19 bits per heavy atom. The first-order chi connectivity index (χ1) is 14.9. The van der Waals surface area contributed by atoms with Crippen LogP contribution in [0.3, 0.4) is 0 Å². The molecule has 1 aliphatic rings. The van der Waals surface area contributed by atoms with Gasteiger partial charge in [0.1, 0.15) is 30.4 Å². The molecule has 1 amide bonds. The minimum absolute atomic E-state index is 0.0373. The lowest BCUT2D eigenvalue weighted by Crippen LogP contribution is -2.33. The Balaban J connectivity index is 1.65. The smallest absolute Gasteiger partial charge is 0.333 e. The lowest BCUT2D eigenvalue weighted by Gasteiger charge is -2.20. The fraction of sp³-hybridized carbons (Fsp3) is 0.250. The van der Waals surface area contributed by atoms with Crippen molar-refractivity contribution in [2.45, 2.75) is 19.4 Å². The van der Waals surface area contributed by atoms with Crippen molar-refractivity contribution >= 4 is 23.4 Å². The summed E-state index contributed by atoms with van der Waals surface area (Å²) in [6.07, 6.45) is 4.49. The third-order valence-electron chi connectivity index (χ3n) is 5.10. The molecule has 160 valence electrons. The summed E-state index contributed by atoms with van der Waals surface area (Å²) >= 11 is 0. The number of nitrogen functional groups attached to an aromatic ring is 1. The highest BCUT2D eigenvalue weighted by Crippen LogP contribution is 2.27. The number of carboxylic acid groups (broad SMARTS) is 1. The lowest BCUT2D eigenvalue weighted by molar-refractivity contribution is -0.141. The van der Waals surface area contributed by atoms with Gasteiger partial charge in [-0.1, -0.05) is 6.92 Å². The van der Waals surface area contributed by atoms with E-state index in [2.05, 4.69) is 9.97 Å². The van der Waals surface area contributed by atoms with E-state index < -0.39 is 17.7 Å². The minimum atomic E-state index is -1.07. The first kappa shape index (κ1) is 20.1. The molecule has 11 heteroatoms. The Hall–Kier alpha value is -4.15. The Morgan fingerprint density at radius 3 is 2.58 bits per heavy atom. The number of fused-ring (bicyclic) bond motifs is 1. The van der Waals surface area contributed by atoms with Gasteiger partial charge in [0.15, 0.2) is 0 Å². The van der Waals surface area contributed by atoms with Gasteiger partial charge in [-0.25, -0.2) is 19.6 Å². The van der Waals surface area contributed by atoms with Crippen LogP contribution in [0.4, 0.5) is 11.5 Å². The number of aromatic nitrogens is 4. The number of carbonyl (C=O) groups is 2. The summed E-state index contributed by atoms with van der Waals surface area (Å²) < 4.78 is 8.06. The zero-order chi connectivity index (χ0) is 22.1. The molecule has 31 heavy (non-hydrogen) atoms. The zero-order valence-corrected chi connectivity index (χ0v) is 16.6. The Morgan fingerprint density at radius 2 is 1.90 bits per heavy atom. The quantitative estimate of drug-likeness (QED) is 0.619. The fourth-order valence-corrected chi connectivity index (χ4v) is 3.52. The molecule has 3 heterocycles. The second-order valence-electron chi connectivity index (χ2n) is 6.88. The number of nitrogens with two attached hydrogens (primary N) is 1. The van der Waals surface area contributed by atoms with Crippen LogP contribution in [0, 0.1) is 0 Å². The number of carbonyl (C=O) groups excluding carboxylic acids is 1. The van der Waals surface area contributed by atoms with Crippen molar-refractivity contribution in [3.63, 3.8) is 0 Å². The van der Waals surface area contributed by atoms with Gasteiger partial charge in [0, 0.05) is 18.1 Å². The standard InChI is InChI=1S/C20H20N6O5/c1-2-14(19(28)29)26-8-7-25(20(26)30)13-5-3-12(4-6-13)24-9-10-31-17-15(18(24)27)16(21)22-11-23-17/h3-8,11,14H,2,9-10H2,1H3,(H,28,29)(H2,21,22,23). The summed E-state index contributed by atoms with van der Waals surface area (Å²) in [5, 5.41) is 9.31. The van der Waals surface area contributed by atoms with Crippen LogP contribution in [-0.2, 0) is 4.79 Å². The molecule has 0 bridgehead atoms. The molecule has 3 aromatic rings. The number of nitrogens with zero attached hydrogens (tertiary/aromatic N) is 5. The van der Waals surface area contributed by atoms with Crippen molar-refractivity contribution in [2.24, 2.45) is 0 Å². The summed E-state index contributed by atoms with van der Waals surface area (Å²) in [5.41, 5.74) is 6.62. The Kier molecular flexibility index (Phi) is 5.15. The van der Waals surface area contributed by atoms with E-state index in [9.17, 15) is 19.5 Å². The predicted molar refractivity (Wildman–Crippen MR) is 111 cm³/mol. The number of imidazole rings is 1. The summed E-state index contributed by atoms with van der Waals surface area (Å²) in [4.78, 5) is 46.4. The van der Waals surface area contributed by atoms with Crippen LogP contribution in [0.2, 0.25) is 0 Å². The van der Waals surface area contributed by atoms with Gasteiger partial charge in [-0.2, -0.15) is 0 Å². The summed E-state index contributed by atoms with van der Waals surface area (Å²) in [6.45, 7) is 2.21. The first-order valence-corrected chi connectivity index (χ1v) is 9.60. The number of hydrogen-bond donors (Lipinski definition) is 2. The number of carboxylic acids is 1. The highest BCUT2D eigenvalue weighted by atomic mass is 16.5. The van der Waals surface area contributed by atoms with Gasteiger partial charge in [0.05, 0.1) is 12.2 Å². The van der Waals surface area contributed by atoms with Crippen LogP contribution in [0.15, 0.2) is 47.8 Å². The molecule has 1 unspecified atom stereocenters. The molecule has 0 saturated carbocycles. The average Bonchev–Trinajstić information content (AvgIpc) is 3.03. The maximum Gasteiger partial charge on any atom is 0.333 e. The van der Waals surface area contributed by atoms with E-state index in [4.69, 9.17) is 10.5 Å². The molecular weight excluding hydrogens is 404 g/mol. The van der Waals surface area contributed by atoms with Crippen LogP contribution in [-0.4, -0.2) is 49.2 Å². The van der Waals surface area contributed by atoms with Crippen LogP contribution in [0.25, 0.3) is 5.69 Å². The zero-order valence-electron chi connectivity index (χ0n) is 16.6. The maximum atomic E-state index is 13.0. The molecular formula is C20H20N6O5. The van der Waals surface area contributed by atoms with Gasteiger partial charge in [0.2, 0.25) is 5.88 Å². The van der Waals surface area contributed by atoms with Gasteiger partial charge >= 0.3 is 11.7 Å².